The van der Waals surface area contributed by atoms with Crippen molar-refractivity contribution in [3.8, 4) is 0 Å². The molecule has 1 aliphatic rings. The second-order valence-corrected chi connectivity index (χ2v) is 6.88. The Morgan fingerprint density at radius 3 is 2.80 bits per heavy atom. The molecule has 1 fully saturated rings. The van der Waals surface area contributed by atoms with Gasteiger partial charge in [-0.3, -0.25) is 0 Å². The van der Waals surface area contributed by atoms with E-state index in [1.807, 2.05) is 4.68 Å². The minimum atomic E-state index is 0.216. The Labute approximate surface area is 122 Å². The number of tetrazole rings is 1. The number of nitrogens with zero attached hydrogens (tertiary/aromatic N) is 4. The van der Waals surface area contributed by atoms with E-state index in [0.717, 1.165) is 30.7 Å². The first-order chi connectivity index (χ1) is 9.56. The summed E-state index contributed by atoms with van der Waals surface area (Å²) in [5.41, 5.74) is 0. The lowest BCUT2D eigenvalue weighted by molar-refractivity contribution is 0.244. The van der Waals surface area contributed by atoms with Gasteiger partial charge in [0.25, 0.3) is 0 Å². The Kier molecular flexibility index (Phi) is 5.52. The van der Waals surface area contributed by atoms with Gasteiger partial charge in [0.1, 0.15) is 0 Å². The van der Waals surface area contributed by atoms with Crippen molar-refractivity contribution in [1.29, 1.82) is 0 Å². The first-order valence-electron chi connectivity index (χ1n) is 8.05. The minimum absolute atomic E-state index is 0.216. The number of rotatable bonds is 6. The Hall–Kier alpha value is -0.970. The second kappa shape index (κ2) is 7.16. The van der Waals surface area contributed by atoms with Gasteiger partial charge < -0.3 is 5.32 Å². The standard InChI is InChI=1S/C15H29N5/c1-11(2)9-16-13(4)15-17-18-19-20(15)10-14-7-5-6-12(3)8-14/h11-14,16H,5-10H2,1-4H3. The predicted molar refractivity (Wildman–Crippen MR) is 80.2 cm³/mol. The molecule has 0 radical (unpaired) electrons. The third-order valence-corrected chi connectivity index (χ3v) is 4.26. The molecule has 3 unspecified atom stereocenters. The van der Waals surface area contributed by atoms with Crippen molar-refractivity contribution in [3.05, 3.63) is 5.82 Å². The van der Waals surface area contributed by atoms with Gasteiger partial charge >= 0.3 is 0 Å². The van der Waals surface area contributed by atoms with E-state index in [1.54, 1.807) is 0 Å². The van der Waals surface area contributed by atoms with E-state index in [9.17, 15) is 0 Å². The van der Waals surface area contributed by atoms with Crippen LogP contribution in [0.2, 0.25) is 0 Å². The highest BCUT2D eigenvalue weighted by molar-refractivity contribution is 4.90. The highest BCUT2D eigenvalue weighted by atomic mass is 15.5. The molecule has 0 aliphatic heterocycles. The fourth-order valence-electron chi connectivity index (χ4n) is 3.13. The van der Waals surface area contributed by atoms with Crippen molar-refractivity contribution in [3.63, 3.8) is 0 Å². The topological polar surface area (TPSA) is 55.6 Å². The Balaban J connectivity index is 1.93. The summed E-state index contributed by atoms with van der Waals surface area (Å²) in [5.74, 6) is 3.20. The molecule has 0 saturated heterocycles. The van der Waals surface area contributed by atoms with Crippen molar-refractivity contribution in [2.45, 2.75) is 66.0 Å². The van der Waals surface area contributed by atoms with Crippen molar-refractivity contribution in [2.24, 2.45) is 17.8 Å². The van der Waals surface area contributed by atoms with Gasteiger partial charge in [0.15, 0.2) is 5.82 Å². The van der Waals surface area contributed by atoms with Crippen LogP contribution in [0.1, 0.15) is 65.2 Å². The van der Waals surface area contributed by atoms with Crippen LogP contribution in [0, 0.1) is 17.8 Å². The van der Waals surface area contributed by atoms with Gasteiger partial charge in [-0.05, 0) is 54.5 Å². The Morgan fingerprint density at radius 2 is 2.10 bits per heavy atom. The Morgan fingerprint density at radius 1 is 1.30 bits per heavy atom. The normalized spacial score (nSPS) is 25.1. The van der Waals surface area contributed by atoms with Crippen LogP contribution in [0.25, 0.3) is 0 Å². The maximum absolute atomic E-state index is 4.22. The first kappa shape index (κ1) is 15.4. The summed E-state index contributed by atoms with van der Waals surface area (Å²) in [7, 11) is 0. The molecule has 1 saturated carbocycles. The maximum Gasteiger partial charge on any atom is 0.167 e. The zero-order chi connectivity index (χ0) is 14.5. The smallest absolute Gasteiger partial charge is 0.167 e. The SMILES string of the molecule is CC(C)CNC(C)c1nnnn1CC1CCCC(C)C1. The van der Waals surface area contributed by atoms with Gasteiger partial charge in [0, 0.05) is 6.54 Å². The third kappa shape index (κ3) is 4.27. The summed E-state index contributed by atoms with van der Waals surface area (Å²) in [6, 6.07) is 0.216. The molecule has 0 aromatic carbocycles. The van der Waals surface area contributed by atoms with E-state index < -0.39 is 0 Å². The van der Waals surface area contributed by atoms with Crippen molar-refractivity contribution < 1.29 is 0 Å². The van der Waals surface area contributed by atoms with Gasteiger partial charge in [-0.2, -0.15) is 0 Å². The summed E-state index contributed by atoms with van der Waals surface area (Å²) in [5, 5.41) is 15.8. The molecule has 2 rings (SSSR count). The van der Waals surface area contributed by atoms with Crippen LogP contribution in [-0.4, -0.2) is 26.8 Å². The monoisotopic (exact) mass is 279 g/mol. The second-order valence-electron chi connectivity index (χ2n) is 6.88. The van der Waals surface area contributed by atoms with Gasteiger partial charge in [-0.25, -0.2) is 4.68 Å². The predicted octanol–water partition coefficient (Wildman–Crippen LogP) is 2.81. The molecular formula is C15H29N5. The van der Waals surface area contributed by atoms with Crippen LogP contribution in [0.3, 0.4) is 0 Å². The summed E-state index contributed by atoms with van der Waals surface area (Å²) < 4.78 is 2.01. The molecule has 3 atom stereocenters. The van der Waals surface area contributed by atoms with Gasteiger partial charge in [0.2, 0.25) is 0 Å². The lowest BCUT2D eigenvalue weighted by Crippen LogP contribution is -2.27. The quantitative estimate of drug-likeness (QED) is 0.870. The van der Waals surface area contributed by atoms with E-state index in [0.29, 0.717) is 5.92 Å². The molecule has 1 aromatic heterocycles. The molecule has 5 nitrogen and oxygen atoms in total. The molecule has 0 bridgehead atoms. The average Bonchev–Trinajstić information content (AvgIpc) is 2.84. The number of nitrogens with one attached hydrogen (secondary N) is 1. The van der Waals surface area contributed by atoms with Gasteiger partial charge in [-0.1, -0.05) is 33.6 Å². The fraction of sp³-hybridized carbons (Fsp3) is 0.933. The highest BCUT2D eigenvalue weighted by Crippen LogP contribution is 2.29. The summed E-state index contributed by atoms with van der Waals surface area (Å²) in [6.45, 7) is 10.9. The van der Waals surface area contributed by atoms with Crippen molar-refractivity contribution in [1.82, 2.24) is 25.5 Å². The van der Waals surface area contributed by atoms with Crippen LogP contribution in [0.5, 0.6) is 0 Å². The molecule has 1 N–H and O–H groups in total. The van der Waals surface area contributed by atoms with Crippen LogP contribution < -0.4 is 5.32 Å². The number of aromatic nitrogens is 4. The highest BCUT2D eigenvalue weighted by Gasteiger charge is 2.22. The molecule has 5 heteroatoms. The zero-order valence-electron chi connectivity index (χ0n) is 13.3. The van der Waals surface area contributed by atoms with E-state index in [-0.39, 0.29) is 6.04 Å². The lowest BCUT2D eigenvalue weighted by Gasteiger charge is -2.27. The molecule has 0 spiro atoms. The Bertz CT molecular complexity index is 401. The molecule has 0 amide bonds. The third-order valence-electron chi connectivity index (χ3n) is 4.26. The van der Waals surface area contributed by atoms with E-state index >= 15 is 0 Å². The average molecular weight is 279 g/mol. The van der Waals surface area contributed by atoms with E-state index in [4.69, 9.17) is 0 Å². The van der Waals surface area contributed by atoms with Crippen molar-refractivity contribution >= 4 is 0 Å². The van der Waals surface area contributed by atoms with Crippen LogP contribution in [0.15, 0.2) is 0 Å². The number of hydrogen-bond acceptors (Lipinski definition) is 4. The summed E-state index contributed by atoms with van der Waals surface area (Å²) >= 11 is 0. The zero-order valence-corrected chi connectivity index (χ0v) is 13.3. The molecule has 20 heavy (non-hydrogen) atoms. The molecule has 114 valence electrons. The summed E-state index contributed by atoms with van der Waals surface area (Å²) in [6.07, 6.45) is 5.36. The molecule has 1 aromatic rings. The van der Waals surface area contributed by atoms with E-state index in [2.05, 4.69) is 48.5 Å². The maximum atomic E-state index is 4.22. The fourth-order valence-corrected chi connectivity index (χ4v) is 3.13. The molecule has 1 aliphatic carbocycles. The largest absolute Gasteiger partial charge is 0.307 e. The van der Waals surface area contributed by atoms with Gasteiger partial charge in [0.05, 0.1) is 6.04 Å². The lowest BCUT2D eigenvalue weighted by atomic mass is 9.82. The summed E-state index contributed by atoms with van der Waals surface area (Å²) in [4.78, 5) is 0. The van der Waals surface area contributed by atoms with Crippen LogP contribution in [-0.2, 0) is 6.54 Å². The van der Waals surface area contributed by atoms with E-state index in [1.165, 1.54) is 25.7 Å². The van der Waals surface area contributed by atoms with Crippen LogP contribution >= 0.6 is 0 Å². The van der Waals surface area contributed by atoms with Crippen molar-refractivity contribution in [2.75, 3.05) is 6.54 Å². The molecular weight excluding hydrogens is 250 g/mol. The number of hydrogen-bond donors (Lipinski definition) is 1. The molecule has 1 heterocycles. The first-order valence-corrected chi connectivity index (χ1v) is 8.05. The minimum Gasteiger partial charge on any atom is -0.307 e. The van der Waals surface area contributed by atoms with Gasteiger partial charge in [-0.15, -0.1) is 5.10 Å². The van der Waals surface area contributed by atoms with Crippen LogP contribution in [0.4, 0.5) is 0 Å².